The van der Waals surface area contributed by atoms with Crippen molar-refractivity contribution in [2.24, 2.45) is 0 Å². The first-order valence-electron chi connectivity index (χ1n) is 15.2. The normalized spacial score (nSPS) is 10.8. The summed E-state index contributed by atoms with van der Waals surface area (Å²) in [5.74, 6) is -0.402. The molecule has 0 bridgehead atoms. The molecule has 4 nitrogen and oxygen atoms in total. The van der Waals surface area contributed by atoms with Crippen molar-refractivity contribution in [1.29, 1.82) is 0 Å². The highest BCUT2D eigenvalue weighted by Gasteiger charge is 2.24. The summed E-state index contributed by atoms with van der Waals surface area (Å²) in [5.41, 5.74) is 9.51. The van der Waals surface area contributed by atoms with E-state index in [4.69, 9.17) is 0 Å². The topological polar surface area (TPSA) is 46.9 Å². The van der Waals surface area contributed by atoms with Crippen molar-refractivity contribution in [2.45, 2.75) is 0 Å². The van der Waals surface area contributed by atoms with Crippen molar-refractivity contribution < 1.29 is 10.2 Å². The van der Waals surface area contributed by atoms with Crippen LogP contribution in [0.4, 0.5) is 34.1 Å². The lowest BCUT2D eigenvalue weighted by Gasteiger charge is -2.33. The summed E-state index contributed by atoms with van der Waals surface area (Å²) in [6, 6.07) is 60.8. The molecule has 0 aliphatic heterocycles. The van der Waals surface area contributed by atoms with Gasteiger partial charge in [-0.2, -0.15) is 0 Å². The predicted molar refractivity (Wildman–Crippen MR) is 190 cm³/mol. The molecule has 0 saturated carbocycles. The molecule has 0 aromatic heterocycles. The number of aromatic hydroxyl groups is 2. The smallest absolute Gasteiger partial charge is 0.159 e. The lowest BCUT2D eigenvalue weighted by molar-refractivity contribution is 0.404. The summed E-state index contributed by atoms with van der Waals surface area (Å²) in [5, 5.41) is 21.9. The quantitative estimate of drug-likeness (QED) is 0.171. The van der Waals surface area contributed by atoms with Gasteiger partial charge in [0.25, 0.3) is 0 Å². The van der Waals surface area contributed by atoms with Crippen LogP contribution < -0.4 is 9.80 Å². The van der Waals surface area contributed by atoms with Crippen LogP contribution in [-0.2, 0) is 0 Å². The van der Waals surface area contributed by atoms with E-state index in [0.717, 1.165) is 45.0 Å². The Labute approximate surface area is 269 Å². The van der Waals surface area contributed by atoms with Crippen molar-refractivity contribution in [3.63, 3.8) is 0 Å². The molecular weight excluding hydrogens is 564 g/mol. The van der Waals surface area contributed by atoms with Crippen LogP contribution in [0.3, 0.4) is 0 Å². The second kappa shape index (κ2) is 12.8. The Bertz CT molecular complexity index is 1910. The van der Waals surface area contributed by atoms with E-state index in [-0.39, 0.29) is 11.5 Å². The summed E-state index contributed by atoms with van der Waals surface area (Å²) < 4.78 is 0. The minimum absolute atomic E-state index is 0.200. The lowest BCUT2D eigenvalue weighted by Crippen LogP contribution is -2.17. The number of hydrogen-bond donors (Lipinski definition) is 2. The van der Waals surface area contributed by atoms with E-state index in [1.54, 1.807) is 12.1 Å². The fraction of sp³-hybridized carbons (Fsp3) is 0. The Morgan fingerprint density at radius 1 is 0.283 bits per heavy atom. The maximum absolute atomic E-state index is 11.0. The van der Waals surface area contributed by atoms with Crippen molar-refractivity contribution in [1.82, 2.24) is 0 Å². The van der Waals surface area contributed by atoms with Gasteiger partial charge in [-0.05, 0) is 70.8 Å². The highest BCUT2D eigenvalue weighted by Crippen LogP contribution is 2.49. The SMILES string of the molecule is Oc1cc(N(c2ccccc2)c2ccccc2)c(N(c2ccc(-c3ccccc3)cc2)c2ccc(-c3ccccc3)cc2)cc1O. The number of benzene rings is 7. The molecule has 46 heavy (non-hydrogen) atoms. The Kier molecular flexibility index (Phi) is 7.91. The van der Waals surface area contributed by atoms with Crippen LogP contribution in [0.1, 0.15) is 0 Å². The molecule has 0 spiro atoms. The molecule has 2 N–H and O–H groups in total. The van der Waals surface area contributed by atoms with E-state index >= 15 is 0 Å². The molecule has 0 atom stereocenters. The fourth-order valence-electron chi connectivity index (χ4n) is 5.79. The summed E-state index contributed by atoms with van der Waals surface area (Å²) in [7, 11) is 0. The van der Waals surface area contributed by atoms with Gasteiger partial charge >= 0.3 is 0 Å². The molecule has 0 aliphatic rings. The average Bonchev–Trinajstić information content (AvgIpc) is 3.13. The van der Waals surface area contributed by atoms with E-state index in [1.807, 2.05) is 97.1 Å². The number of phenolic OH excluding ortho intramolecular Hbond substituents is 2. The highest BCUT2D eigenvalue weighted by molar-refractivity contribution is 5.93. The van der Waals surface area contributed by atoms with Crippen LogP contribution in [0, 0.1) is 0 Å². The van der Waals surface area contributed by atoms with Crippen LogP contribution in [0.5, 0.6) is 11.5 Å². The molecule has 4 heteroatoms. The first kappa shape index (κ1) is 28.5. The van der Waals surface area contributed by atoms with E-state index in [1.165, 1.54) is 0 Å². The summed E-state index contributed by atoms with van der Waals surface area (Å²) in [4.78, 5) is 4.22. The third-order valence-corrected chi connectivity index (χ3v) is 8.05. The van der Waals surface area contributed by atoms with Gasteiger partial charge in [0, 0.05) is 34.9 Å². The number of anilines is 6. The third kappa shape index (κ3) is 5.80. The monoisotopic (exact) mass is 596 g/mol. The van der Waals surface area contributed by atoms with Gasteiger partial charge in [0.05, 0.1) is 11.4 Å². The maximum atomic E-state index is 11.0. The fourth-order valence-corrected chi connectivity index (χ4v) is 5.79. The van der Waals surface area contributed by atoms with Crippen LogP contribution in [0.2, 0.25) is 0 Å². The van der Waals surface area contributed by atoms with Gasteiger partial charge in [-0.3, -0.25) is 0 Å². The molecule has 222 valence electrons. The summed E-state index contributed by atoms with van der Waals surface area (Å²) in [6.07, 6.45) is 0. The van der Waals surface area contributed by atoms with E-state index in [0.29, 0.717) is 11.4 Å². The predicted octanol–water partition coefficient (Wildman–Crippen LogP) is 11.4. The number of para-hydroxylation sites is 2. The Balaban J connectivity index is 1.43. The van der Waals surface area contributed by atoms with E-state index in [2.05, 4.69) is 82.6 Å². The molecule has 7 aromatic carbocycles. The first-order valence-corrected chi connectivity index (χ1v) is 15.2. The Morgan fingerprint density at radius 2 is 0.543 bits per heavy atom. The summed E-state index contributed by atoms with van der Waals surface area (Å²) in [6.45, 7) is 0. The number of hydrogen-bond acceptors (Lipinski definition) is 4. The number of rotatable bonds is 8. The molecule has 0 unspecified atom stereocenters. The lowest BCUT2D eigenvalue weighted by atomic mass is 10.0. The van der Waals surface area contributed by atoms with Gasteiger partial charge in [0.15, 0.2) is 11.5 Å². The van der Waals surface area contributed by atoms with Gasteiger partial charge in [-0.1, -0.05) is 121 Å². The molecule has 7 rings (SSSR count). The first-order chi connectivity index (χ1) is 22.7. The van der Waals surface area contributed by atoms with Crippen LogP contribution in [-0.4, -0.2) is 10.2 Å². The van der Waals surface area contributed by atoms with Crippen LogP contribution in [0.15, 0.2) is 182 Å². The van der Waals surface area contributed by atoms with Gasteiger partial charge in [0.2, 0.25) is 0 Å². The van der Waals surface area contributed by atoms with Crippen molar-refractivity contribution in [3.05, 3.63) is 182 Å². The Morgan fingerprint density at radius 3 is 0.870 bits per heavy atom. The standard InChI is InChI=1S/C42H32N2O2/c45-41-29-39(43(35-17-9-3-10-18-35)36-19-11-4-12-20-36)40(30-42(41)46)44(37-25-21-33(22-26-37)31-13-5-1-6-14-31)38-27-23-34(24-28-38)32-15-7-2-8-16-32/h1-30,45-46H. The van der Waals surface area contributed by atoms with Gasteiger partial charge in [-0.15, -0.1) is 0 Å². The van der Waals surface area contributed by atoms with Crippen LogP contribution >= 0.6 is 0 Å². The van der Waals surface area contributed by atoms with Crippen molar-refractivity contribution in [3.8, 4) is 33.8 Å². The third-order valence-electron chi connectivity index (χ3n) is 8.05. The van der Waals surface area contributed by atoms with Gasteiger partial charge < -0.3 is 20.0 Å². The van der Waals surface area contributed by atoms with Gasteiger partial charge in [0.1, 0.15) is 0 Å². The Hall–Kier alpha value is -6.26. The molecule has 0 heterocycles. The highest BCUT2D eigenvalue weighted by atomic mass is 16.3. The average molecular weight is 597 g/mol. The minimum atomic E-state index is -0.202. The largest absolute Gasteiger partial charge is 0.504 e. The second-order valence-corrected chi connectivity index (χ2v) is 11.0. The number of nitrogens with zero attached hydrogens (tertiary/aromatic N) is 2. The minimum Gasteiger partial charge on any atom is -0.504 e. The van der Waals surface area contributed by atoms with E-state index in [9.17, 15) is 10.2 Å². The zero-order valence-corrected chi connectivity index (χ0v) is 25.1. The van der Waals surface area contributed by atoms with Gasteiger partial charge in [-0.25, -0.2) is 0 Å². The van der Waals surface area contributed by atoms with Crippen molar-refractivity contribution in [2.75, 3.05) is 9.80 Å². The zero-order chi connectivity index (χ0) is 31.3. The molecular formula is C42H32N2O2. The number of phenols is 2. The van der Waals surface area contributed by atoms with Crippen molar-refractivity contribution >= 4 is 34.1 Å². The molecule has 0 fully saturated rings. The molecule has 0 saturated heterocycles. The summed E-state index contributed by atoms with van der Waals surface area (Å²) >= 11 is 0. The molecule has 0 amide bonds. The molecule has 7 aromatic rings. The van der Waals surface area contributed by atoms with Crippen LogP contribution in [0.25, 0.3) is 22.3 Å². The molecule has 0 aliphatic carbocycles. The van der Waals surface area contributed by atoms with E-state index < -0.39 is 0 Å². The zero-order valence-electron chi connectivity index (χ0n) is 25.1. The second-order valence-electron chi connectivity index (χ2n) is 11.0. The maximum Gasteiger partial charge on any atom is 0.159 e. The molecule has 0 radical (unpaired) electrons.